The smallest absolute Gasteiger partial charge is 0.136 e. The Balaban J connectivity index is 1.37. The molecule has 0 radical (unpaired) electrons. The molecule has 4 nitrogen and oxygen atoms in total. The van der Waals surface area contributed by atoms with Crippen LogP contribution in [-0.4, -0.2) is 25.3 Å². The van der Waals surface area contributed by atoms with Gasteiger partial charge in [0.2, 0.25) is 0 Å². The van der Waals surface area contributed by atoms with Gasteiger partial charge in [0.05, 0.1) is 11.6 Å². The van der Waals surface area contributed by atoms with Gasteiger partial charge in [0.15, 0.2) is 0 Å². The molecule has 2 heterocycles. The zero-order valence-electron chi connectivity index (χ0n) is 16.0. The molecule has 1 atom stereocenters. The first-order valence-electron chi connectivity index (χ1n) is 9.73. The van der Waals surface area contributed by atoms with Gasteiger partial charge < -0.3 is 4.55 Å². The van der Waals surface area contributed by atoms with Crippen LogP contribution >= 0.6 is 0 Å². The molecule has 0 amide bonds. The molecular formula is C21H29N3OS. The zero-order chi connectivity index (χ0) is 18.4. The predicted octanol–water partition coefficient (Wildman–Crippen LogP) is 4.49. The lowest BCUT2D eigenvalue weighted by atomic mass is 9.56. The van der Waals surface area contributed by atoms with E-state index in [1.165, 1.54) is 49.5 Å². The maximum atomic E-state index is 12.3. The fourth-order valence-corrected chi connectivity index (χ4v) is 5.54. The first-order chi connectivity index (χ1) is 12.4. The van der Waals surface area contributed by atoms with Crippen LogP contribution in [0.3, 0.4) is 0 Å². The van der Waals surface area contributed by atoms with E-state index in [0.29, 0.717) is 17.4 Å². The Labute approximate surface area is 159 Å². The topological polar surface area (TPSA) is 60.9 Å². The van der Waals surface area contributed by atoms with E-state index >= 15 is 0 Å². The summed E-state index contributed by atoms with van der Waals surface area (Å²) < 4.78 is 15.5. The Bertz CT molecular complexity index is 767. The predicted molar refractivity (Wildman–Crippen MR) is 107 cm³/mol. The summed E-state index contributed by atoms with van der Waals surface area (Å²) in [6.45, 7) is 6.09. The minimum atomic E-state index is -0.953. The van der Waals surface area contributed by atoms with Gasteiger partial charge in [0.1, 0.15) is 4.75 Å². The number of hydrogen-bond acceptors (Lipinski definition) is 4. The maximum Gasteiger partial charge on any atom is 0.136 e. The van der Waals surface area contributed by atoms with E-state index in [0.717, 1.165) is 5.52 Å². The fraction of sp³-hybridized carbons (Fsp3) is 0.619. The molecule has 1 N–H and O–H groups in total. The molecular weight excluding hydrogens is 342 g/mol. The molecule has 4 rings (SSSR count). The number of nitrogens with one attached hydrogen (secondary N) is 1. The highest BCUT2D eigenvalue weighted by Crippen LogP contribution is 2.55. The third kappa shape index (κ3) is 3.49. The van der Waals surface area contributed by atoms with Gasteiger partial charge in [-0.2, -0.15) is 0 Å². The summed E-state index contributed by atoms with van der Waals surface area (Å²) >= 11 is -0.953. The van der Waals surface area contributed by atoms with Crippen molar-refractivity contribution in [1.29, 1.82) is 0 Å². The summed E-state index contributed by atoms with van der Waals surface area (Å²) in [6, 6.07) is 4.61. The van der Waals surface area contributed by atoms with Crippen LogP contribution in [0.15, 0.2) is 30.7 Å². The molecule has 140 valence electrons. The lowest BCUT2D eigenvalue weighted by Gasteiger charge is -2.51. The molecule has 2 fully saturated rings. The Hall–Kier alpha value is -1.17. The molecule has 0 aromatic carbocycles. The Morgan fingerprint density at radius 2 is 1.88 bits per heavy atom. The Morgan fingerprint density at radius 3 is 2.58 bits per heavy atom. The quantitative estimate of drug-likeness (QED) is 0.808. The van der Waals surface area contributed by atoms with Crippen LogP contribution in [-0.2, 0) is 11.4 Å². The minimum absolute atomic E-state index is 0.184. The lowest BCUT2D eigenvalue weighted by Crippen LogP contribution is -2.54. The molecule has 2 saturated carbocycles. The van der Waals surface area contributed by atoms with Crippen LogP contribution in [0.1, 0.15) is 70.8 Å². The summed E-state index contributed by atoms with van der Waals surface area (Å²) in [6.07, 6.45) is 13.1. The number of pyridine rings is 2. The SMILES string of the molecule is CC(C)(C)[S+]([O-])NC1CC2(CCC(c3ccnc4ccncc34)CC2)C1. The molecule has 5 heteroatoms. The van der Waals surface area contributed by atoms with Crippen molar-refractivity contribution in [3.63, 3.8) is 0 Å². The van der Waals surface area contributed by atoms with Crippen molar-refractivity contribution >= 4 is 22.3 Å². The highest BCUT2D eigenvalue weighted by molar-refractivity contribution is 7.90. The van der Waals surface area contributed by atoms with Crippen LogP contribution in [0.5, 0.6) is 0 Å². The number of rotatable bonds is 3. The number of aromatic nitrogens is 2. The van der Waals surface area contributed by atoms with Gasteiger partial charge in [-0.25, -0.2) is 0 Å². The van der Waals surface area contributed by atoms with Crippen LogP contribution in [0.25, 0.3) is 10.9 Å². The Morgan fingerprint density at radius 1 is 1.15 bits per heavy atom. The van der Waals surface area contributed by atoms with E-state index in [9.17, 15) is 4.55 Å². The van der Waals surface area contributed by atoms with E-state index in [2.05, 4.69) is 20.8 Å². The van der Waals surface area contributed by atoms with Crippen molar-refractivity contribution in [1.82, 2.24) is 14.7 Å². The molecule has 2 aliphatic rings. The molecule has 0 bridgehead atoms. The van der Waals surface area contributed by atoms with E-state index < -0.39 is 11.4 Å². The molecule has 26 heavy (non-hydrogen) atoms. The van der Waals surface area contributed by atoms with Crippen molar-refractivity contribution < 1.29 is 4.55 Å². The molecule has 0 saturated heterocycles. The molecule has 2 aromatic rings. The molecule has 0 aliphatic heterocycles. The van der Waals surface area contributed by atoms with E-state index in [-0.39, 0.29) is 4.75 Å². The average molecular weight is 372 g/mol. The first kappa shape index (κ1) is 18.2. The van der Waals surface area contributed by atoms with Crippen molar-refractivity contribution in [2.45, 2.75) is 76.0 Å². The highest BCUT2D eigenvalue weighted by Gasteiger charge is 2.48. The second kappa shape index (κ2) is 6.77. The summed E-state index contributed by atoms with van der Waals surface area (Å²) in [5.41, 5.74) is 2.95. The van der Waals surface area contributed by atoms with Crippen LogP contribution < -0.4 is 4.72 Å². The monoisotopic (exact) mass is 371 g/mol. The number of hydrogen-bond donors (Lipinski definition) is 1. The van der Waals surface area contributed by atoms with Gasteiger partial charge in [-0.3, -0.25) is 9.97 Å². The zero-order valence-corrected chi connectivity index (χ0v) is 16.8. The minimum Gasteiger partial charge on any atom is -0.598 e. The van der Waals surface area contributed by atoms with Crippen LogP contribution in [0, 0.1) is 5.41 Å². The van der Waals surface area contributed by atoms with E-state index in [1.807, 2.05) is 45.4 Å². The summed E-state index contributed by atoms with van der Waals surface area (Å²) in [5, 5.41) is 1.21. The molecule has 1 unspecified atom stereocenters. The lowest BCUT2D eigenvalue weighted by molar-refractivity contribution is 0.0417. The molecule has 2 aliphatic carbocycles. The number of nitrogens with zero attached hydrogens (tertiary/aromatic N) is 2. The van der Waals surface area contributed by atoms with Gasteiger partial charge in [-0.1, -0.05) is 0 Å². The second-order valence-electron chi connectivity index (χ2n) is 9.17. The van der Waals surface area contributed by atoms with E-state index in [4.69, 9.17) is 0 Å². The normalized spacial score (nSPS) is 30.3. The first-order valence-corrected chi connectivity index (χ1v) is 10.9. The average Bonchev–Trinajstić information content (AvgIpc) is 2.60. The van der Waals surface area contributed by atoms with Crippen LogP contribution in [0.4, 0.5) is 0 Å². The van der Waals surface area contributed by atoms with E-state index in [1.54, 1.807) is 0 Å². The van der Waals surface area contributed by atoms with Crippen molar-refractivity contribution in [3.05, 3.63) is 36.3 Å². The maximum absolute atomic E-state index is 12.3. The van der Waals surface area contributed by atoms with Crippen molar-refractivity contribution in [3.8, 4) is 0 Å². The van der Waals surface area contributed by atoms with Crippen molar-refractivity contribution in [2.24, 2.45) is 5.41 Å². The van der Waals surface area contributed by atoms with Gasteiger partial charge in [-0.15, -0.1) is 4.72 Å². The fourth-order valence-electron chi connectivity index (χ4n) is 4.71. The molecule has 2 aromatic heterocycles. The number of fused-ring (bicyclic) bond motifs is 1. The third-order valence-electron chi connectivity index (χ3n) is 6.25. The standard InChI is InChI=1S/C21H29N3OS/c1-20(2,3)26(25)24-16-12-21(13-16)8-4-15(5-9-21)17-6-11-23-19-7-10-22-14-18(17)19/h6-7,10-11,14-16,24H,4-5,8-9,12-13H2,1-3H3. The van der Waals surface area contributed by atoms with Gasteiger partial charge in [0.25, 0.3) is 0 Å². The summed E-state index contributed by atoms with van der Waals surface area (Å²) in [5.74, 6) is 0.617. The van der Waals surface area contributed by atoms with Gasteiger partial charge in [0, 0.05) is 35.3 Å². The van der Waals surface area contributed by atoms with Gasteiger partial charge >= 0.3 is 0 Å². The molecule has 1 spiro atoms. The third-order valence-corrected chi connectivity index (χ3v) is 7.91. The summed E-state index contributed by atoms with van der Waals surface area (Å²) in [7, 11) is 0. The second-order valence-corrected chi connectivity index (χ2v) is 11.2. The Kier molecular flexibility index (Phi) is 4.74. The van der Waals surface area contributed by atoms with Gasteiger partial charge in [-0.05, 0) is 88.3 Å². The van der Waals surface area contributed by atoms with Crippen LogP contribution in [0.2, 0.25) is 0 Å². The summed E-state index contributed by atoms with van der Waals surface area (Å²) in [4.78, 5) is 8.78. The largest absolute Gasteiger partial charge is 0.598 e. The highest BCUT2D eigenvalue weighted by atomic mass is 32.2. The van der Waals surface area contributed by atoms with Crippen molar-refractivity contribution in [2.75, 3.05) is 0 Å².